The highest BCUT2D eigenvalue weighted by atomic mass is 19.1. The van der Waals surface area contributed by atoms with E-state index in [1.54, 1.807) is 0 Å². The Morgan fingerprint density at radius 2 is 2.08 bits per heavy atom. The molecule has 1 aromatic heterocycles. The number of likely N-dealkylation sites (tertiary alicyclic amines) is 1. The summed E-state index contributed by atoms with van der Waals surface area (Å²) in [5.41, 5.74) is -1.66. The topological polar surface area (TPSA) is 65.9 Å². The average Bonchev–Trinajstić information content (AvgIpc) is 2.94. The first-order valence-corrected chi connectivity index (χ1v) is 8.10. The highest BCUT2D eigenvalue weighted by Crippen LogP contribution is 2.19. The molecule has 1 atom stereocenters. The van der Waals surface area contributed by atoms with Crippen LogP contribution in [-0.4, -0.2) is 77.3 Å². The molecular weight excluding hydrogens is 320 g/mol. The standard InChI is InChI=1S/C16H21F2N3O3/c17-12-7-13(18)14(19-8-12)15(22)21-5-6-24-11-16(23,10-21)9-20-3-1-2-4-20/h7-8,23H,1-6,9-11H2/t16-/m0/s1. The fourth-order valence-corrected chi connectivity index (χ4v) is 3.26. The molecule has 2 aliphatic heterocycles. The molecule has 24 heavy (non-hydrogen) atoms. The van der Waals surface area contributed by atoms with Crippen molar-refractivity contribution < 1.29 is 23.4 Å². The van der Waals surface area contributed by atoms with Crippen molar-refractivity contribution in [2.75, 3.05) is 45.9 Å². The lowest BCUT2D eigenvalue weighted by Gasteiger charge is -2.33. The summed E-state index contributed by atoms with van der Waals surface area (Å²) in [5.74, 6) is -2.51. The van der Waals surface area contributed by atoms with Gasteiger partial charge in [-0.2, -0.15) is 0 Å². The van der Waals surface area contributed by atoms with Gasteiger partial charge in [-0.1, -0.05) is 0 Å². The summed E-state index contributed by atoms with van der Waals surface area (Å²) in [5, 5.41) is 10.9. The number of carbonyl (C=O) groups is 1. The van der Waals surface area contributed by atoms with Crippen LogP contribution in [0.4, 0.5) is 8.78 Å². The van der Waals surface area contributed by atoms with E-state index in [4.69, 9.17) is 4.74 Å². The van der Waals surface area contributed by atoms with Gasteiger partial charge in [-0.05, 0) is 25.9 Å². The van der Waals surface area contributed by atoms with Crippen molar-refractivity contribution in [3.63, 3.8) is 0 Å². The lowest BCUT2D eigenvalue weighted by Crippen LogP contribution is -2.53. The summed E-state index contributed by atoms with van der Waals surface area (Å²) < 4.78 is 32.2. The molecule has 1 amide bonds. The molecule has 0 radical (unpaired) electrons. The van der Waals surface area contributed by atoms with Crippen LogP contribution in [0.3, 0.4) is 0 Å². The number of hydrogen-bond acceptors (Lipinski definition) is 5. The molecule has 2 fully saturated rings. The molecule has 6 nitrogen and oxygen atoms in total. The maximum Gasteiger partial charge on any atom is 0.275 e. The molecule has 0 spiro atoms. The Bertz CT molecular complexity index is 610. The van der Waals surface area contributed by atoms with Crippen molar-refractivity contribution >= 4 is 5.91 Å². The highest BCUT2D eigenvalue weighted by Gasteiger charge is 2.37. The third kappa shape index (κ3) is 3.88. The van der Waals surface area contributed by atoms with E-state index in [-0.39, 0.29) is 26.3 Å². The fourth-order valence-electron chi connectivity index (χ4n) is 3.26. The lowest BCUT2D eigenvalue weighted by atomic mass is 10.0. The number of ether oxygens (including phenoxy) is 1. The van der Waals surface area contributed by atoms with Crippen molar-refractivity contribution in [1.82, 2.24) is 14.8 Å². The number of aliphatic hydroxyl groups is 1. The van der Waals surface area contributed by atoms with Crippen molar-refractivity contribution in [3.05, 3.63) is 29.6 Å². The van der Waals surface area contributed by atoms with Gasteiger partial charge in [0.2, 0.25) is 0 Å². The summed E-state index contributed by atoms with van der Waals surface area (Å²) in [6.45, 7) is 2.83. The molecule has 8 heteroatoms. The van der Waals surface area contributed by atoms with E-state index in [1.165, 1.54) is 4.90 Å². The summed E-state index contributed by atoms with van der Waals surface area (Å²) in [6.07, 6.45) is 2.98. The number of pyridine rings is 1. The molecule has 1 aromatic rings. The van der Waals surface area contributed by atoms with Crippen molar-refractivity contribution in [2.24, 2.45) is 0 Å². The smallest absolute Gasteiger partial charge is 0.275 e. The Morgan fingerprint density at radius 1 is 1.33 bits per heavy atom. The van der Waals surface area contributed by atoms with Crippen molar-refractivity contribution in [1.29, 1.82) is 0 Å². The molecule has 3 rings (SSSR count). The van der Waals surface area contributed by atoms with Crippen LogP contribution in [0.15, 0.2) is 12.3 Å². The van der Waals surface area contributed by atoms with Crippen LogP contribution in [0.2, 0.25) is 0 Å². The zero-order valence-corrected chi connectivity index (χ0v) is 13.4. The van der Waals surface area contributed by atoms with Gasteiger partial charge in [0.25, 0.3) is 5.91 Å². The van der Waals surface area contributed by atoms with E-state index >= 15 is 0 Å². The second kappa shape index (κ2) is 7.08. The van der Waals surface area contributed by atoms with E-state index in [0.29, 0.717) is 12.6 Å². The van der Waals surface area contributed by atoms with Gasteiger partial charge in [0, 0.05) is 19.2 Å². The Labute approximate surface area is 139 Å². The minimum Gasteiger partial charge on any atom is -0.384 e. The predicted octanol–water partition coefficient (Wildman–Crippen LogP) is 0.659. The van der Waals surface area contributed by atoms with E-state index < -0.39 is 28.8 Å². The van der Waals surface area contributed by atoms with Crippen LogP contribution in [0, 0.1) is 11.6 Å². The Balaban J connectivity index is 1.75. The van der Waals surface area contributed by atoms with E-state index in [0.717, 1.165) is 32.1 Å². The third-order valence-corrected chi connectivity index (χ3v) is 4.38. The second-order valence-corrected chi connectivity index (χ2v) is 6.47. The van der Waals surface area contributed by atoms with E-state index in [9.17, 15) is 18.7 Å². The number of rotatable bonds is 3. The molecular formula is C16H21F2N3O3. The first-order valence-electron chi connectivity index (χ1n) is 8.10. The zero-order chi connectivity index (χ0) is 17.2. The Morgan fingerprint density at radius 3 is 2.79 bits per heavy atom. The third-order valence-electron chi connectivity index (χ3n) is 4.38. The van der Waals surface area contributed by atoms with Crippen LogP contribution in [0.25, 0.3) is 0 Å². The fraction of sp³-hybridized carbons (Fsp3) is 0.625. The first kappa shape index (κ1) is 17.2. The Hall–Kier alpha value is -1.64. The molecule has 2 saturated heterocycles. The largest absolute Gasteiger partial charge is 0.384 e. The molecule has 0 aliphatic carbocycles. The van der Waals surface area contributed by atoms with Crippen LogP contribution in [0.1, 0.15) is 23.3 Å². The van der Waals surface area contributed by atoms with E-state index in [2.05, 4.69) is 9.88 Å². The van der Waals surface area contributed by atoms with Gasteiger partial charge in [0.15, 0.2) is 11.5 Å². The van der Waals surface area contributed by atoms with Gasteiger partial charge in [0.1, 0.15) is 11.4 Å². The van der Waals surface area contributed by atoms with Gasteiger partial charge in [0.05, 0.1) is 26.0 Å². The number of halogens is 2. The summed E-state index contributed by atoms with van der Waals surface area (Å²) in [6, 6.07) is 0.630. The number of β-amino-alcohol motifs (C(OH)–C–C–N with tert-alkyl or cyclic N) is 1. The van der Waals surface area contributed by atoms with Crippen LogP contribution in [-0.2, 0) is 4.74 Å². The zero-order valence-electron chi connectivity index (χ0n) is 13.4. The van der Waals surface area contributed by atoms with Gasteiger partial charge in [-0.3, -0.25) is 4.79 Å². The van der Waals surface area contributed by atoms with Crippen LogP contribution < -0.4 is 0 Å². The van der Waals surface area contributed by atoms with Crippen LogP contribution in [0.5, 0.6) is 0 Å². The molecule has 0 aromatic carbocycles. The van der Waals surface area contributed by atoms with Gasteiger partial charge in [-0.25, -0.2) is 13.8 Å². The van der Waals surface area contributed by atoms with Gasteiger partial charge >= 0.3 is 0 Å². The number of aromatic nitrogens is 1. The lowest BCUT2D eigenvalue weighted by molar-refractivity contribution is -0.0525. The number of amides is 1. The molecule has 0 bridgehead atoms. The molecule has 0 unspecified atom stereocenters. The summed E-state index contributed by atoms with van der Waals surface area (Å²) in [7, 11) is 0. The number of nitrogens with zero attached hydrogens (tertiary/aromatic N) is 3. The number of hydrogen-bond donors (Lipinski definition) is 1. The first-order chi connectivity index (χ1) is 11.5. The molecule has 2 aliphatic rings. The molecule has 132 valence electrons. The van der Waals surface area contributed by atoms with Gasteiger partial charge in [-0.15, -0.1) is 0 Å². The quantitative estimate of drug-likeness (QED) is 0.875. The van der Waals surface area contributed by atoms with Crippen LogP contribution >= 0.6 is 0 Å². The normalized spacial score (nSPS) is 25.7. The average molecular weight is 341 g/mol. The van der Waals surface area contributed by atoms with Crippen molar-refractivity contribution in [3.8, 4) is 0 Å². The SMILES string of the molecule is O=C(c1ncc(F)cc1F)N1CCOC[C@](O)(CN2CCCC2)C1. The maximum absolute atomic E-state index is 13.8. The summed E-state index contributed by atoms with van der Waals surface area (Å²) >= 11 is 0. The molecule has 3 heterocycles. The minimum absolute atomic E-state index is 0.0286. The Kier molecular flexibility index (Phi) is 5.07. The number of carbonyl (C=O) groups excluding carboxylic acids is 1. The highest BCUT2D eigenvalue weighted by molar-refractivity contribution is 5.92. The second-order valence-electron chi connectivity index (χ2n) is 6.47. The molecule has 0 saturated carbocycles. The monoisotopic (exact) mass is 341 g/mol. The van der Waals surface area contributed by atoms with E-state index in [1.807, 2.05) is 0 Å². The van der Waals surface area contributed by atoms with Crippen molar-refractivity contribution in [2.45, 2.75) is 18.4 Å². The predicted molar refractivity (Wildman–Crippen MR) is 81.5 cm³/mol. The molecule has 1 N–H and O–H groups in total. The minimum atomic E-state index is -1.22. The van der Waals surface area contributed by atoms with Gasteiger partial charge < -0.3 is 19.6 Å². The summed E-state index contributed by atoms with van der Waals surface area (Å²) in [4.78, 5) is 19.5. The maximum atomic E-state index is 13.8.